The number of hydrogen-bond donors (Lipinski definition) is 0. The van der Waals surface area contributed by atoms with Crippen LogP contribution in [0.1, 0.15) is 30.1 Å². The second-order valence-electron chi connectivity index (χ2n) is 5.82. The number of rotatable bonds is 2. The van der Waals surface area contributed by atoms with E-state index in [9.17, 15) is 9.59 Å². The topological polar surface area (TPSA) is 59.8 Å². The molecule has 1 amide bonds. The largest absolute Gasteiger partial charge is 0.497 e. The molecule has 0 aliphatic carbocycles. The van der Waals surface area contributed by atoms with Crippen molar-refractivity contribution in [1.29, 1.82) is 0 Å². The zero-order valence-electron chi connectivity index (χ0n) is 12.8. The molecule has 1 aromatic carbocycles. The normalized spacial score (nSPS) is 16.0. The Hall–Kier alpha value is -2.30. The Labute approximate surface area is 128 Å². The molecule has 0 saturated carbocycles. The van der Waals surface area contributed by atoms with Gasteiger partial charge in [0.25, 0.3) is 5.91 Å². The summed E-state index contributed by atoms with van der Waals surface area (Å²) in [6, 6.07) is 6.44. The molecule has 1 aromatic heterocycles. The summed E-state index contributed by atoms with van der Waals surface area (Å²) in [4.78, 5) is 26.3. The number of benzene rings is 1. The summed E-state index contributed by atoms with van der Waals surface area (Å²) in [6.45, 7) is 3.66. The second kappa shape index (κ2) is 5.83. The lowest BCUT2D eigenvalue weighted by Crippen LogP contribution is -2.38. The Balaban J connectivity index is 2.02. The standard InChI is InChI=1S/C17H19NO4/c1-11-5-7-18(8-6-11)17(20)14-10-16(19)22-15-9-12(21-2)3-4-13(14)15/h3-4,9-11H,5-8H2,1-2H3. The van der Waals surface area contributed by atoms with Crippen molar-refractivity contribution >= 4 is 16.9 Å². The van der Waals surface area contributed by atoms with E-state index in [4.69, 9.17) is 9.15 Å². The molecule has 1 aliphatic heterocycles. The molecule has 22 heavy (non-hydrogen) atoms. The molecule has 1 fully saturated rings. The summed E-state index contributed by atoms with van der Waals surface area (Å²) in [7, 11) is 1.54. The molecule has 0 atom stereocenters. The van der Waals surface area contributed by atoms with E-state index in [1.165, 1.54) is 6.07 Å². The van der Waals surface area contributed by atoms with Crippen LogP contribution in [-0.2, 0) is 0 Å². The predicted molar refractivity (Wildman–Crippen MR) is 83.3 cm³/mol. The van der Waals surface area contributed by atoms with Crippen molar-refractivity contribution in [2.75, 3.05) is 20.2 Å². The highest BCUT2D eigenvalue weighted by Gasteiger charge is 2.23. The molecule has 2 heterocycles. The Kier molecular flexibility index (Phi) is 3.88. The van der Waals surface area contributed by atoms with Gasteiger partial charge in [-0.25, -0.2) is 4.79 Å². The van der Waals surface area contributed by atoms with Crippen LogP contribution in [0.5, 0.6) is 5.75 Å². The smallest absolute Gasteiger partial charge is 0.337 e. The third kappa shape index (κ3) is 2.71. The minimum Gasteiger partial charge on any atom is -0.497 e. The lowest BCUT2D eigenvalue weighted by molar-refractivity contribution is 0.0698. The van der Waals surface area contributed by atoms with E-state index in [0.29, 0.717) is 28.2 Å². The van der Waals surface area contributed by atoms with E-state index in [2.05, 4.69) is 6.92 Å². The molecule has 2 aromatic rings. The van der Waals surface area contributed by atoms with Crippen molar-refractivity contribution in [3.8, 4) is 5.75 Å². The van der Waals surface area contributed by atoms with Crippen molar-refractivity contribution in [3.63, 3.8) is 0 Å². The highest BCUT2D eigenvalue weighted by Crippen LogP contribution is 2.25. The number of nitrogens with zero attached hydrogens (tertiary/aromatic N) is 1. The Morgan fingerprint density at radius 3 is 2.68 bits per heavy atom. The molecule has 0 spiro atoms. The van der Waals surface area contributed by atoms with Gasteiger partial charge in [0.05, 0.1) is 12.7 Å². The second-order valence-corrected chi connectivity index (χ2v) is 5.82. The van der Waals surface area contributed by atoms with Gasteiger partial charge < -0.3 is 14.1 Å². The quantitative estimate of drug-likeness (QED) is 0.800. The molecule has 0 radical (unpaired) electrons. The molecule has 116 valence electrons. The third-order valence-corrected chi connectivity index (χ3v) is 4.25. The van der Waals surface area contributed by atoms with Gasteiger partial charge in [-0.3, -0.25) is 4.79 Å². The van der Waals surface area contributed by atoms with Crippen molar-refractivity contribution < 1.29 is 13.9 Å². The number of fused-ring (bicyclic) bond motifs is 1. The predicted octanol–water partition coefficient (Wildman–Crippen LogP) is 2.67. The zero-order chi connectivity index (χ0) is 15.7. The molecule has 0 unspecified atom stereocenters. The first-order valence-corrected chi connectivity index (χ1v) is 7.49. The highest BCUT2D eigenvalue weighted by atomic mass is 16.5. The SMILES string of the molecule is COc1ccc2c(C(=O)N3CCC(C)CC3)cc(=O)oc2c1. The van der Waals surface area contributed by atoms with Crippen LogP contribution in [0.15, 0.2) is 33.5 Å². The van der Waals surface area contributed by atoms with Gasteiger partial charge in [0, 0.05) is 30.6 Å². The molecule has 3 rings (SSSR count). The van der Waals surface area contributed by atoms with Crippen LogP contribution in [0, 0.1) is 5.92 Å². The van der Waals surface area contributed by atoms with Crippen LogP contribution >= 0.6 is 0 Å². The number of likely N-dealkylation sites (tertiary alicyclic amines) is 1. The fraction of sp³-hybridized carbons (Fsp3) is 0.412. The average molecular weight is 301 g/mol. The van der Waals surface area contributed by atoms with Gasteiger partial charge >= 0.3 is 5.63 Å². The Morgan fingerprint density at radius 2 is 2.00 bits per heavy atom. The third-order valence-electron chi connectivity index (χ3n) is 4.25. The summed E-state index contributed by atoms with van der Waals surface area (Å²) >= 11 is 0. The van der Waals surface area contributed by atoms with E-state index >= 15 is 0 Å². The highest BCUT2D eigenvalue weighted by molar-refractivity contribution is 6.05. The van der Waals surface area contributed by atoms with Gasteiger partial charge in [0.2, 0.25) is 0 Å². The maximum atomic E-state index is 12.7. The van der Waals surface area contributed by atoms with Crippen molar-refractivity contribution in [2.45, 2.75) is 19.8 Å². The minimum absolute atomic E-state index is 0.102. The summed E-state index contributed by atoms with van der Waals surface area (Å²) < 4.78 is 10.3. The van der Waals surface area contributed by atoms with Crippen molar-refractivity contribution in [3.05, 3.63) is 40.2 Å². The number of piperidine rings is 1. The lowest BCUT2D eigenvalue weighted by atomic mass is 9.98. The summed E-state index contributed by atoms with van der Waals surface area (Å²) in [5, 5.41) is 0.643. The fourth-order valence-corrected chi connectivity index (χ4v) is 2.83. The van der Waals surface area contributed by atoms with Gasteiger partial charge in [-0.1, -0.05) is 6.92 Å². The molecule has 0 N–H and O–H groups in total. The number of ether oxygens (including phenoxy) is 1. The number of amides is 1. The van der Waals surface area contributed by atoms with Gasteiger partial charge in [0.1, 0.15) is 11.3 Å². The van der Waals surface area contributed by atoms with Crippen molar-refractivity contribution in [2.24, 2.45) is 5.92 Å². The maximum Gasteiger partial charge on any atom is 0.337 e. The first-order chi connectivity index (χ1) is 10.6. The number of hydrogen-bond acceptors (Lipinski definition) is 4. The van der Waals surface area contributed by atoms with Gasteiger partial charge in [-0.05, 0) is 30.9 Å². The van der Waals surface area contributed by atoms with E-state index in [-0.39, 0.29) is 5.91 Å². The van der Waals surface area contributed by atoms with Crippen molar-refractivity contribution in [1.82, 2.24) is 4.90 Å². The van der Waals surface area contributed by atoms with E-state index in [0.717, 1.165) is 25.9 Å². The molecule has 0 bridgehead atoms. The monoisotopic (exact) mass is 301 g/mol. The average Bonchev–Trinajstić information content (AvgIpc) is 2.53. The molecule has 1 saturated heterocycles. The van der Waals surface area contributed by atoms with Crippen LogP contribution in [0.3, 0.4) is 0 Å². The van der Waals surface area contributed by atoms with E-state index < -0.39 is 5.63 Å². The van der Waals surface area contributed by atoms with Gasteiger partial charge in [-0.2, -0.15) is 0 Å². The first kappa shape index (κ1) is 14.6. The first-order valence-electron chi connectivity index (χ1n) is 7.49. The molecular weight excluding hydrogens is 282 g/mol. The number of carbonyl (C=O) groups is 1. The van der Waals surface area contributed by atoms with Crippen LogP contribution in [0.2, 0.25) is 0 Å². The fourth-order valence-electron chi connectivity index (χ4n) is 2.83. The molecular formula is C17H19NO4. The minimum atomic E-state index is -0.519. The summed E-state index contributed by atoms with van der Waals surface area (Å²) in [6.07, 6.45) is 2.00. The number of carbonyl (C=O) groups excluding carboxylic acids is 1. The lowest BCUT2D eigenvalue weighted by Gasteiger charge is -2.30. The Morgan fingerprint density at radius 1 is 1.27 bits per heavy atom. The van der Waals surface area contributed by atoms with E-state index in [1.54, 1.807) is 25.3 Å². The van der Waals surface area contributed by atoms with Gasteiger partial charge in [-0.15, -0.1) is 0 Å². The summed E-state index contributed by atoms with van der Waals surface area (Å²) in [5.41, 5.74) is 0.263. The zero-order valence-corrected chi connectivity index (χ0v) is 12.8. The van der Waals surface area contributed by atoms with Gasteiger partial charge in [0.15, 0.2) is 0 Å². The molecule has 5 heteroatoms. The number of methoxy groups -OCH3 is 1. The molecule has 1 aliphatic rings. The van der Waals surface area contributed by atoms with Crippen LogP contribution in [-0.4, -0.2) is 31.0 Å². The molecule has 5 nitrogen and oxygen atoms in total. The van der Waals surface area contributed by atoms with E-state index in [1.807, 2.05) is 4.90 Å². The van der Waals surface area contributed by atoms with Crippen LogP contribution < -0.4 is 10.4 Å². The summed E-state index contributed by atoms with van der Waals surface area (Å²) in [5.74, 6) is 1.13. The van der Waals surface area contributed by atoms with Crippen LogP contribution in [0.25, 0.3) is 11.0 Å². The van der Waals surface area contributed by atoms with Crippen LogP contribution in [0.4, 0.5) is 0 Å². The maximum absolute atomic E-state index is 12.7. The Bertz CT molecular complexity index is 757.